The van der Waals surface area contributed by atoms with E-state index < -0.39 is 0 Å². The molecule has 0 saturated carbocycles. The van der Waals surface area contributed by atoms with Gasteiger partial charge >= 0.3 is 0 Å². The fraction of sp³-hybridized carbons (Fsp3) is 0.538. The second-order valence-corrected chi connectivity index (χ2v) is 5.58. The summed E-state index contributed by atoms with van der Waals surface area (Å²) in [6.07, 6.45) is 3.33. The normalized spacial score (nSPS) is 13.1. The summed E-state index contributed by atoms with van der Waals surface area (Å²) in [5, 5.41) is 0. The van der Waals surface area contributed by atoms with Gasteiger partial charge in [0.15, 0.2) is 0 Å². The molecule has 1 aromatic carbocycles. The molecule has 0 saturated heterocycles. The van der Waals surface area contributed by atoms with Crippen molar-refractivity contribution in [2.75, 3.05) is 0 Å². The Kier molecular flexibility index (Phi) is 6.03. The number of halogens is 1. The van der Waals surface area contributed by atoms with Crippen LogP contribution in [0.1, 0.15) is 32.3 Å². The van der Waals surface area contributed by atoms with Gasteiger partial charge in [-0.1, -0.05) is 41.9 Å². The lowest BCUT2D eigenvalue weighted by Crippen LogP contribution is -2.37. The van der Waals surface area contributed by atoms with Crippen molar-refractivity contribution in [2.45, 2.75) is 39.2 Å². The Balaban J connectivity index is 2.49. The van der Waals surface area contributed by atoms with E-state index in [2.05, 4.69) is 53.4 Å². The molecule has 1 atom stereocenters. The van der Waals surface area contributed by atoms with Crippen LogP contribution >= 0.6 is 15.9 Å². The second-order valence-electron chi connectivity index (χ2n) is 4.67. The molecule has 0 radical (unpaired) electrons. The third kappa shape index (κ3) is 5.10. The van der Waals surface area contributed by atoms with Gasteiger partial charge < -0.3 is 0 Å². The molecule has 90 valence electrons. The molecule has 2 nitrogen and oxygen atoms in total. The number of benzene rings is 1. The topological polar surface area (TPSA) is 38.0 Å². The maximum Gasteiger partial charge on any atom is 0.0251 e. The van der Waals surface area contributed by atoms with Crippen LogP contribution < -0.4 is 11.3 Å². The van der Waals surface area contributed by atoms with Gasteiger partial charge in [0.2, 0.25) is 0 Å². The zero-order valence-corrected chi connectivity index (χ0v) is 11.6. The maximum atomic E-state index is 5.58. The number of hydrazine groups is 1. The average molecular weight is 285 g/mol. The molecule has 3 heteroatoms. The van der Waals surface area contributed by atoms with Gasteiger partial charge in [0.05, 0.1) is 0 Å². The fourth-order valence-corrected chi connectivity index (χ4v) is 2.17. The van der Waals surface area contributed by atoms with Crippen molar-refractivity contribution in [3.63, 3.8) is 0 Å². The molecular weight excluding hydrogens is 264 g/mol. The van der Waals surface area contributed by atoms with Crippen molar-refractivity contribution in [3.8, 4) is 0 Å². The van der Waals surface area contributed by atoms with E-state index in [0.717, 1.165) is 23.2 Å². The van der Waals surface area contributed by atoms with Crippen molar-refractivity contribution < 1.29 is 0 Å². The summed E-state index contributed by atoms with van der Waals surface area (Å²) < 4.78 is 1.13. The van der Waals surface area contributed by atoms with Crippen LogP contribution in [0, 0.1) is 5.92 Å². The summed E-state index contributed by atoms with van der Waals surface area (Å²) in [5.41, 5.74) is 4.23. The lowest BCUT2D eigenvalue weighted by molar-refractivity contribution is 0.434. The minimum absolute atomic E-state index is 0.372. The van der Waals surface area contributed by atoms with Crippen LogP contribution in [-0.2, 0) is 6.42 Å². The first-order valence-electron chi connectivity index (χ1n) is 5.82. The lowest BCUT2D eigenvalue weighted by Gasteiger charge is -2.17. The molecule has 1 unspecified atom stereocenters. The van der Waals surface area contributed by atoms with Crippen molar-refractivity contribution in [1.82, 2.24) is 5.43 Å². The first-order valence-corrected chi connectivity index (χ1v) is 6.61. The van der Waals surface area contributed by atoms with Gasteiger partial charge in [-0.25, -0.2) is 0 Å². The van der Waals surface area contributed by atoms with E-state index in [1.165, 1.54) is 12.0 Å². The van der Waals surface area contributed by atoms with Crippen LogP contribution in [0.5, 0.6) is 0 Å². The molecular formula is C13H21BrN2. The average Bonchev–Trinajstić information content (AvgIpc) is 2.24. The minimum atomic E-state index is 0.372. The highest BCUT2D eigenvalue weighted by Crippen LogP contribution is 2.15. The number of nitrogens with two attached hydrogens (primary N) is 1. The second kappa shape index (κ2) is 7.05. The molecule has 0 aromatic heterocycles. The van der Waals surface area contributed by atoms with E-state index in [0.29, 0.717) is 6.04 Å². The summed E-state index contributed by atoms with van der Waals surface area (Å²) in [7, 11) is 0. The van der Waals surface area contributed by atoms with Crippen LogP contribution in [0.4, 0.5) is 0 Å². The number of rotatable bonds is 6. The maximum absolute atomic E-state index is 5.58. The number of nitrogens with one attached hydrogen (secondary N) is 1. The van der Waals surface area contributed by atoms with Crippen LogP contribution in [0.2, 0.25) is 0 Å². The SMILES string of the molecule is CC(C)CCC(Cc1cccc(Br)c1)NN. The van der Waals surface area contributed by atoms with Crippen LogP contribution in [0.15, 0.2) is 28.7 Å². The molecule has 0 fully saturated rings. The van der Waals surface area contributed by atoms with E-state index in [1.54, 1.807) is 0 Å². The lowest BCUT2D eigenvalue weighted by atomic mass is 9.98. The summed E-state index contributed by atoms with van der Waals surface area (Å²) in [5.74, 6) is 6.32. The highest BCUT2D eigenvalue weighted by atomic mass is 79.9. The van der Waals surface area contributed by atoms with Crippen molar-refractivity contribution in [2.24, 2.45) is 11.8 Å². The minimum Gasteiger partial charge on any atom is -0.271 e. The Bertz CT molecular complexity index is 313. The molecule has 0 bridgehead atoms. The predicted octanol–water partition coefficient (Wildman–Crippen LogP) is 3.26. The number of hydrogen-bond donors (Lipinski definition) is 2. The van der Waals surface area contributed by atoms with E-state index in [4.69, 9.17) is 5.84 Å². The standard InChI is InChI=1S/C13H21BrN2/c1-10(2)6-7-13(16-15)9-11-4-3-5-12(14)8-11/h3-5,8,10,13,16H,6-7,9,15H2,1-2H3. The van der Waals surface area contributed by atoms with Crippen LogP contribution in [0.25, 0.3) is 0 Å². The zero-order valence-electron chi connectivity index (χ0n) is 10.0. The molecule has 0 aliphatic carbocycles. The highest BCUT2D eigenvalue weighted by molar-refractivity contribution is 9.10. The highest BCUT2D eigenvalue weighted by Gasteiger charge is 2.08. The molecule has 16 heavy (non-hydrogen) atoms. The van der Waals surface area contributed by atoms with Crippen molar-refractivity contribution in [3.05, 3.63) is 34.3 Å². The summed E-state index contributed by atoms with van der Waals surface area (Å²) >= 11 is 3.48. The molecule has 1 aromatic rings. The third-order valence-corrected chi connectivity index (χ3v) is 3.19. The Morgan fingerprint density at radius 3 is 2.62 bits per heavy atom. The van der Waals surface area contributed by atoms with E-state index >= 15 is 0 Å². The van der Waals surface area contributed by atoms with Gasteiger partial charge in [0.1, 0.15) is 0 Å². The number of hydrogen-bond acceptors (Lipinski definition) is 2. The Hall–Kier alpha value is -0.380. The van der Waals surface area contributed by atoms with Gasteiger partial charge in [-0.15, -0.1) is 0 Å². The summed E-state index contributed by atoms with van der Waals surface area (Å²) in [6, 6.07) is 8.78. The molecule has 0 spiro atoms. The first kappa shape index (κ1) is 13.7. The van der Waals surface area contributed by atoms with E-state index in [-0.39, 0.29) is 0 Å². The van der Waals surface area contributed by atoms with E-state index in [9.17, 15) is 0 Å². The molecule has 0 aliphatic rings. The Morgan fingerprint density at radius 1 is 1.31 bits per heavy atom. The fourth-order valence-electron chi connectivity index (χ4n) is 1.73. The van der Waals surface area contributed by atoms with Gasteiger partial charge in [0, 0.05) is 10.5 Å². The smallest absolute Gasteiger partial charge is 0.0251 e. The van der Waals surface area contributed by atoms with Crippen LogP contribution in [0.3, 0.4) is 0 Å². The van der Waals surface area contributed by atoms with Crippen molar-refractivity contribution >= 4 is 15.9 Å². The van der Waals surface area contributed by atoms with Gasteiger partial charge in [-0.2, -0.15) is 0 Å². The van der Waals surface area contributed by atoms with Gasteiger partial charge in [0.25, 0.3) is 0 Å². The predicted molar refractivity (Wildman–Crippen MR) is 73.0 cm³/mol. The molecule has 0 heterocycles. The molecule has 0 amide bonds. The van der Waals surface area contributed by atoms with Crippen molar-refractivity contribution in [1.29, 1.82) is 0 Å². The van der Waals surface area contributed by atoms with Gasteiger partial charge in [-0.3, -0.25) is 11.3 Å². The molecule has 0 aliphatic heterocycles. The Morgan fingerprint density at radius 2 is 2.06 bits per heavy atom. The zero-order chi connectivity index (χ0) is 12.0. The third-order valence-electron chi connectivity index (χ3n) is 2.70. The summed E-state index contributed by atoms with van der Waals surface area (Å²) in [6.45, 7) is 4.49. The van der Waals surface area contributed by atoms with Crippen LogP contribution in [-0.4, -0.2) is 6.04 Å². The largest absolute Gasteiger partial charge is 0.271 e. The monoisotopic (exact) mass is 284 g/mol. The Labute approximate surface area is 107 Å². The molecule has 1 rings (SSSR count). The van der Waals surface area contributed by atoms with E-state index in [1.807, 2.05) is 6.07 Å². The van der Waals surface area contributed by atoms with Gasteiger partial charge in [-0.05, 0) is 42.9 Å². The molecule has 3 N–H and O–H groups in total. The summed E-state index contributed by atoms with van der Waals surface area (Å²) in [4.78, 5) is 0. The quantitative estimate of drug-likeness (QED) is 0.622. The first-order chi connectivity index (χ1) is 7.61.